The second-order valence-corrected chi connectivity index (χ2v) is 8.57. The van der Waals surface area contributed by atoms with Crippen LogP contribution in [0.5, 0.6) is 0 Å². The molecule has 2 aliphatic rings. The molecule has 0 spiro atoms. The Morgan fingerprint density at radius 2 is 1.00 bits per heavy atom. The lowest BCUT2D eigenvalue weighted by Gasteiger charge is -2.00. The number of allylic oxidation sites excluding steroid dienone is 10. The SMILES string of the molecule is C1=CCC(/C=C/c2cc[n+](CCCCCC[n+]3ccc(/C=C/C4=CC=CC4)cc3)cc2)=C1. The summed E-state index contributed by atoms with van der Waals surface area (Å²) >= 11 is 0. The Hall–Kier alpha value is -3.26. The quantitative estimate of drug-likeness (QED) is 0.296. The summed E-state index contributed by atoms with van der Waals surface area (Å²) in [6.07, 6.45) is 37.8. The third-order valence-electron chi connectivity index (χ3n) is 6.00. The van der Waals surface area contributed by atoms with Crippen molar-refractivity contribution in [3.8, 4) is 0 Å². The van der Waals surface area contributed by atoms with Gasteiger partial charge in [0.15, 0.2) is 24.8 Å². The van der Waals surface area contributed by atoms with Crippen molar-refractivity contribution in [2.45, 2.75) is 51.6 Å². The Balaban J connectivity index is 1.09. The number of unbranched alkanes of at least 4 members (excludes halogenated alkanes) is 3. The van der Waals surface area contributed by atoms with Crippen LogP contribution >= 0.6 is 0 Å². The standard InChI is InChI=1S/C30H34N2/c1(7-21-31-23-17-29(18-24-31)15-13-27-9-3-4-10-27)2-8-22-32-25-19-30(20-26-32)16-14-28-11-5-6-12-28/h3-6,9,11,13-20,23-26H,1-2,7-8,10,12,21-22H2/q+2/b15-13+,16-14+. The van der Waals surface area contributed by atoms with Crippen LogP contribution in [0.3, 0.4) is 0 Å². The molecule has 0 aliphatic heterocycles. The Bertz CT molecular complexity index is 958. The van der Waals surface area contributed by atoms with Crippen LogP contribution in [-0.4, -0.2) is 0 Å². The molecule has 0 bridgehead atoms. The van der Waals surface area contributed by atoms with Crippen molar-refractivity contribution in [3.05, 3.63) is 120 Å². The highest BCUT2D eigenvalue weighted by Gasteiger charge is 2.03. The van der Waals surface area contributed by atoms with E-state index in [1.165, 1.54) is 48.0 Å². The molecule has 0 aromatic carbocycles. The molecule has 0 unspecified atom stereocenters. The topological polar surface area (TPSA) is 7.76 Å². The molecular weight excluding hydrogens is 388 g/mol. The van der Waals surface area contributed by atoms with Gasteiger partial charge in [0, 0.05) is 37.1 Å². The fourth-order valence-electron chi connectivity index (χ4n) is 3.98. The lowest BCUT2D eigenvalue weighted by atomic mass is 10.1. The fraction of sp³-hybridized carbons (Fsp3) is 0.267. The number of hydrogen-bond donors (Lipinski definition) is 0. The van der Waals surface area contributed by atoms with E-state index in [1.807, 2.05) is 0 Å². The van der Waals surface area contributed by atoms with Crippen LogP contribution in [0.1, 0.15) is 49.7 Å². The van der Waals surface area contributed by atoms with Gasteiger partial charge in [-0.05, 0) is 48.0 Å². The van der Waals surface area contributed by atoms with Crippen LogP contribution in [0.15, 0.2) is 109 Å². The second kappa shape index (κ2) is 12.0. The van der Waals surface area contributed by atoms with Gasteiger partial charge in [-0.1, -0.05) is 60.8 Å². The highest BCUT2D eigenvalue weighted by atomic mass is 14.9. The van der Waals surface area contributed by atoms with Crippen LogP contribution in [0.25, 0.3) is 12.2 Å². The van der Waals surface area contributed by atoms with Gasteiger partial charge in [0.05, 0.1) is 0 Å². The molecule has 0 N–H and O–H groups in total. The van der Waals surface area contributed by atoms with Gasteiger partial charge in [-0.3, -0.25) is 0 Å². The largest absolute Gasteiger partial charge is 0.205 e. The average molecular weight is 423 g/mol. The van der Waals surface area contributed by atoms with Crippen LogP contribution in [-0.2, 0) is 13.1 Å². The van der Waals surface area contributed by atoms with Gasteiger partial charge in [0.2, 0.25) is 0 Å². The first-order chi connectivity index (χ1) is 15.8. The van der Waals surface area contributed by atoms with E-state index in [2.05, 4.69) is 119 Å². The summed E-state index contributed by atoms with van der Waals surface area (Å²) in [6, 6.07) is 8.82. The summed E-state index contributed by atoms with van der Waals surface area (Å²) in [5.74, 6) is 0. The van der Waals surface area contributed by atoms with Gasteiger partial charge in [0.25, 0.3) is 0 Å². The predicted molar refractivity (Wildman–Crippen MR) is 133 cm³/mol. The molecule has 0 fully saturated rings. The molecule has 2 aromatic rings. The number of hydrogen-bond acceptors (Lipinski definition) is 0. The summed E-state index contributed by atoms with van der Waals surface area (Å²) in [7, 11) is 0. The summed E-state index contributed by atoms with van der Waals surface area (Å²) in [5, 5.41) is 0. The monoisotopic (exact) mass is 422 g/mol. The van der Waals surface area contributed by atoms with Gasteiger partial charge in [-0.25, -0.2) is 9.13 Å². The Kier molecular flexibility index (Phi) is 8.20. The molecule has 32 heavy (non-hydrogen) atoms. The highest BCUT2D eigenvalue weighted by Crippen LogP contribution is 2.14. The Labute approximate surface area is 192 Å². The molecule has 2 heteroatoms. The number of rotatable bonds is 11. The van der Waals surface area contributed by atoms with E-state index in [0.29, 0.717) is 0 Å². The summed E-state index contributed by atoms with van der Waals surface area (Å²) in [4.78, 5) is 0. The first-order valence-electron chi connectivity index (χ1n) is 11.9. The molecule has 0 saturated carbocycles. The predicted octanol–water partition coefficient (Wildman–Crippen LogP) is 6.32. The molecular formula is C30H34N2+2. The number of pyridine rings is 2. The third kappa shape index (κ3) is 7.16. The van der Waals surface area contributed by atoms with Gasteiger partial charge < -0.3 is 0 Å². The smallest absolute Gasteiger partial charge is 0.169 e. The lowest BCUT2D eigenvalue weighted by molar-refractivity contribution is -0.698. The van der Waals surface area contributed by atoms with Crippen molar-refractivity contribution in [3.63, 3.8) is 0 Å². The molecule has 2 nitrogen and oxygen atoms in total. The molecule has 2 aromatic heterocycles. The highest BCUT2D eigenvalue weighted by molar-refractivity contribution is 5.54. The van der Waals surface area contributed by atoms with Crippen LogP contribution < -0.4 is 9.13 Å². The molecule has 2 heterocycles. The second-order valence-electron chi connectivity index (χ2n) is 8.57. The Morgan fingerprint density at radius 1 is 0.562 bits per heavy atom. The fourth-order valence-corrected chi connectivity index (χ4v) is 3.98. The molecule has 2 aliphatic carbocycles. The van der Waals surface area contributed by atoms with Gasteiger partial charge in [-0.15, -0.1) is 0 Å². The zero-order valence-electron chi connectivity index (χ0n) is 18.9. The number of aryl methyl sites for hydroxylation is 2. The van der Waals surface area contributed by atoms with Crippen LogP contribution in [0.2, 0.25) is 0 Å². The molecule has 0 saturated heterocycles. The average Bonchev–Trinajstić information content (AvgIpc) is 3.55. The van der Waals surface area contributed by atoms with E-state index in [4.69, 9.17) is 0 Å². The van der Waals surface area contributed by atoms with Crippen LogP contribution in [0.4, 0.5) is 0 Å². The van der Waals surface area contributed by atoms with Crippen molar-refractivity contribution >= 4 is 12.2 Å². The van der Waals surface area contributed by atoms with E-state index < -0.39 is 0 Å². The van der Waals surface area contributed by atoms with E-state index in [9.17, 15) is 0 Å². The molecule has 162 valence electrons. The maximum Gasteiger partial charge on any atom is 0.169 e. The summed E-state index contributed by atoms with van der Waals surface area (Å²) in [5.41, 5.74) is 5.28. The third-order valence-corrected chi connectivity index (χ3v) is 6.00. The van der Waals surface area contributed by atoms with Crippen LogP contribution in [0, 0.1) is 0 Å². The maximum absolute atomic E-state index is 2.30. The molecule has 0 radical (unpaired) electrons. The molecule has 0 atom stereocenters. The normalized spacial score (nSPS) is 15.2. The molecule has 0 amide bonds. The zero-order chi connectivity index (χ0) is 21.8. The maximum atomic E-state index is 2.30. The number of nitrogens with zero attached hydrogens (tertiary/aromatic N) is 2. The number of aromatic nitrogens is 2. The minimum atomic E-state index is 1.06. The van der Waals surface area contributed by atoms with Crippen molar-refractivity contribution in [1.29, 1.82) is 0 Å². The Morgan fingerprint density at radius 3 is 1.38 bits per heavy atom. The van der Waals surface area contributed by atoms with E-state index in [1.54, 1.807) is 0 Å². The van der Waals surface area contributed by atoms with Crippen molar-refractivity contribution in [2.75, 3.05) is 0 Å². The van der Waals surface area contributed by atoms with Gasteiger partial charge in [0.1, 0.15) is 13.1 Å². The van der Waals surface area contributed by atoms with Crippen molar-refractivity contribution < 1.29 is 9.13 Å². The summed E-state index contributed by atoms with van der Waals surface area (Å²) < 4.78 is 4.60. The van der Waals surface area contributed by atoms with E-state index >= 15 is 0 Å². The zero-order valence-corrected chi connectivity index (χ0v) is 18.9. The van der Waals surface area contributed by atoms with Gasteiger partial charge in [-0.2, -0.15) is 0 Å². The van der Waals surface area contributed by atoms with E-state index in [0.717, 1.165) is 25.9 Å². The van der Waals surface area contributed by atoms with Crippen molar-refractivity contribution in [1.82, 2.24) is 0 Å². The first kappa shape index (κ1) is 22.0. The summed E-state index contributed by atoms with van der Waals surface area (Å²) in [6.45, 7) is 2.19. The van der Waals surface area contributed by atoms with Gasteiger partial charge >= 0.3 is 0 Å². The van der Waals surface area contributed by atoms with E-state index in [-0.39, 0.29) is 0 Å². The van der Waals surface area contributed by atoms with Crippen molar-refractivity contribution in [2.24, 2.45) is 0 Å². The lowest BCUT2D eigenvalue weighted by Crippen LogP contribution is -2.33. The minimum Gasteiger partial charge on any atom is -0.205 e. The molecule has 4 rings (SSSR count). The minimum absolute atomic E-state index is 1.06. The first-order valence-corrected chi connectivity index (χ1v) is 11.9.